The van der Waals surface area contributed by atoms with E-state index in [9.17, 15) is 18.0 Å². The average Bonchev–Trinajstić information content (AvgIpc) is 3.07. The highest BCUT2D eigenvalue weighted by atomic mass is 35.5. The number of methoxy groups -OCH3 is 2. The zero-order valence-electron chi connectivity index (χ0n) is 27.0. The third kappa shape index (κ3) is 8.82. The molecule has 4 rings (SSSR count). The lowest BCUT2D eigenvalue weighted by molar-refractivity contribution is -0.139. The fourth-order valence-electron chi connectivity index (χ4n) is 5.51. The van der Waals surface area contributed by atoms with Crippen LogP contribution in [0.3, 0.4) is 0 Å². The maximum Gasteiger partial charge on any atom is 0.264 e. The van der Waals surface area contributed by atoms with Crippen molar-refractivity contribution in [1.82, 2.24) is 10.2 Å². The van der Waals surface area contributed by atoms with Crippen molar-refractivity contribution in [2.45, 2.75) is 69.5 Å². The molecule has 10 nitrogen and oxygen atoms in total. The molecule has 0 aromatic heterocycles. The first-order valence-electron chi connectivity index (χ1n) is 15.5. The van der Waals surface area contributed by atoms with Gasteiger partial charge in [0.2, 0.25) is 11.8 Å². The molecule has 0 spiro atoms. The SMILES string of the molecule is CCOc1ccc(N(CC(=O)N(Cc2c(Cl)cccc2Cl)C(C)C(=O)NC2CCCCC2)S(=O)(=O)c2ccc(OC)c(OC)c2)cc1. The summed E-state index contributed by atoms with van der Waals surface area (Å²) in [5.41, 5.74) is 0.656. The standard InChI is InChI=1S/C34H41Cl2N3O7S/c1-5-46-26-16-14-25(15-17-26)39(47(42,43)27-18-19-31(44-3)32(20-27)45-4)22-33(40)38(21-28-29(35)12-9-13-30(28)36)23(2)34(41)37-24-10-7-6-8-11-24/h9,12-20,23-24H,5-8,10-11,21-22H2,1-4H3,(H,37,41). The van der Waals surface area contributed by atoms with Crippen LogP contribution < -0.4 is 23.8 Å². The number of nitrogens with zero attached hydrogens (tertiary/aromatic N) is 2. The normalized spacial score (nSPS) is 14.2. The van der Waals surface area contributed by atoms with Crippen molar-refractivity contribution >= 4 is 50.7 Å². The van der Waals surface area contributed by atoms with E-state index in [-0.39, 0.29) is 34.8 Å². The molecule has 1 aliphatic carbocycles. The first kappa shape index (κ1) is 36.2. The van der Waals surface area contributed by atoms with Gasteiger partial charge in [-0.15, -0.1) is 0 Å². The highest BCUT2D eigenvalue weighted by Gasteiger charge is 2.34. The highest BCUT2D eigenvalue weighted by molar-refractivity contribution is 7.92. The van der Waals surface area contributed by atoms with E-state index in [1.54, 1.807) is 49.4 Å². The minimum Gasteiger partial charge on any atom is -0.494 e. The van der Waals surface area contributed by atoms with Gasteiger partial charge >= 0.3 is 0 Å². The lowest BCUT2D eigenvalue weighted by Gasteiger charge is -2.33. The molecule has 3 aromatic rings. The maximum atomic E-state index is 14.3. The van der Waals surface area contributed by atoms with Crippen molar-refractivity contribution in [2.75, 3.05) is 31.7 Å². The summed E-state index contributed by atoms with van der Waals surface area (Å²) in [4.78, 5) is 29.1. The lowest BCUT2D eigenvalue weighted by Crippen LogP contribution is -2.53. The number of halogens is 2. The predicted molar refractivity (Wildman–Crippen MR) is 183 cm³/mol. The molecule has 47 heavy (non-hydrogen) atoms. The van der Waals surface area contributed by atoms with E-state index >= 15 is 0 Å². The van der Waals surface area contributed by atoms with Crippen LogP contribution in [0.2, 0.25) is 10.0 Å². The van der Waals surface area contributed by atoms with Gasteiger partial charge in [-0.25, -0.2) is 8.42 Å². The van der Waals surface area contributed by atoms with Crippen LogP contribution in [0, 0.1) is 0 Å². The Bertz CT molecular complexity index is 1630. The summed E-state index contributed by atoms with van der Waals surface area (Å²) < 4.78 is 45.8. The number of carbonyl (C=O) groups is 2. The second-order valence-electron chi connectivity index (χ2n) is 11.2. The molecule has 13 heteroatoms. The number of sulfonamides is 1. The molecule has 1 atom stereocenters. The Morgan fingerprint density at radius 3 is 2.17 bits per heavy atom. The molecule has 254 valence electrons. The average molecular weight is 707 g/mol. The Kier molecular flexibility index (Phi) is 12.6. The first-order valence-corrected chi connectivity index (χ1v) is 17.7. The smallest absolute Gasteiger partial charge is 0.264 e. The minimum absolute atomic E-state index is 0.00494. The third-order valence-corrected chi connectivity index (χ3v) is 10.6. The van der Waals surface area contributed by atoms with Crippen LogP contribution >= 0.6 is 23.2 Å². The second kappa shape index (κ2) is 16.4. The van der Waals surface area contributed by atoms with Gasteiger partial charge in [0.25, 0.3) is 10.0 Å². The van der Waals surface area contributed by atoms with E-state index in [0.717, 1.165) is 36.4 Å². The molecule has 1 N–H and O–H groups in total. The zero-order chi connectivity index (χ0) is 34.1. The molecule has 1 fully saturated rings. The van der Waals surface area contributed by atoms with Gasteiger partial charge in [0.1, 0.15) is 18.3 Å². The molecule has 0 aliphatic heterocycles. The molecule has 0 heterocycles. The predicted octanol–water partition coefficient (Wildman–Crippen LogP) is 6.47. The summed E-state index contributed by atoms with van der Waals surface area (Å²) in [6.45, 7) is 3.13. The number of benzene rings is 3. The van der Waals surface area contributed by atoms with Crippen LogP contribution in [0.1, 0.15) is 51.5 Å². The minimum atomic E-state index is -4.37. The highest BCUT2D eigenvalue weighted by Crippen LogP contribution is 2.33. The van der Waals surface area contributed by atoms with E-state index in [2.05, 4.69) is 5.32 Å². The summed E-state index contributed by atoms with van der Waals surface area (Å²) in [6, 6.07) is 14.6. The fraction of sp³-hybridized carbons (Fsp3) is 0.412. The van der Waals surface area contributed by atoms with Crippen LogP contribution in [0.5, 0.6) is 17.2 Å². The van der Waals surface area contributed by atoms with Gasteiger partial charge in [-0.3, -0.25) is 13.9 Å². The number of rotatable bonds is 14. The maximum absolute atomic E-state index is 14.3. The van der Waals surface area contributed by atoms with Crippen molar-refractivity contribution in [1.29, 1.82) is 0 Å². The van der Waals surface area contributed by atoms with Gasteiger partial charge < -0.3 is 24.4 Å². The van der Waals surface area contributed by atoms with Crippen molar-refractivity contribution in [3.05, 3.63) is 76.3 Å². The van der Waals surface area contributed by atoms with E-state index in [1.165, 1.54) is 37.3 Å². The van der Waals surface area contributed by atoms with Crippen molar-refractivity contribution in [2.24, 2.45) is 0 Å². The summed E-state index contributed by atoms with van der Waals surface area (Å²) in [5.74, 6) is 0.105. The van der Waals surface area contributed by atoms with Crippen molar-refractivity contribution in [3.63, 3.8) is 0 Å². The lowest BCUT2D eigenvalue weighted by atomic mass is 9.95. The van der Waals surface area contributed by atoms with Crippen LogP contribution in [0.4, 0.5) is 5.69 Å². The number of hydrogen-bond donors (Lipinski definition) is 1. The first-order chi connectivity index (χ1) is 22.5. The Morgan fingerprint density at radius 2 is 1.57 bits per heavy atom. The van der Waals surface area contributed by atoms with Gasteiger partial charge in [-0.2, -0.15) is 0 Å². The molecular weight excluding hydrogens is 665 g/mol. The Labute approximate surface area is 286 Å². The van der Waals surface area contributed by atoms with Gasteiger partial charge in [0, 0.05) is 34.3 Å². The molecule has 0 bridgehead atoms. The summed E-state index contributed by atoms with van der Waals surface area (Å²) >= 11 is 13.0. The number of hydrogen-bond acceptors (Lipinski definition) is 7. The number of carbonyl (C=O) groups excluding carboxylic acids is 2. The number of ether oxygens (including phenoxy) is 3. The topological polar surface area (TPSA) is 114 Å². The molecule has 1 aliphatic rings. The summed E-state index contributed by atoms with van der Waals surface area (Å²) in [7, 11) is -1.52. The van der Waals surface area contributed by atoms with Crippen LogP contribution in [-0.2, 0) is 26.2 Å². The van der Waals surface area contributed by atoms with E-state index < -0.39 is 28.5 Å². The molecule has 3 aromatic carbocycles. The summed E-state index contributed by atoms with van der Waals surface area (Å²) in [5, 5.41) is 3.71. The molecule has 0 radical (unpaired) electrons. The van der Waals surface area contributed by atoms with E-state index in [4.69, 9.17) is 37.4 Å². The Hall–Kier alpha value is -3.67. The largest absolute Gasteiger partial charge is 0.494 e. The van der Waals surface area contributed by atoms with Gasteiger partial charge in [0.05, 0.1) is 31.4 Å². The third-order valence-electron chi connectivity index (χ3n) is 8.17. The van der Waals surface area contributed by atoms with Crippen molar-refractivity contribution in [3.8, 4) is 17.2 Å². The summed E-state index contributed by atoms with van der Waals surface area (Å²) in [6.07, 6.45) is 4.87. The van der Waals surface area contributed by atoms with Gasteiger partial charge in [-0.1, -0.05) is 48.5 Å². The zero-order valence-corrected chi connectivity index (χ0v) is 29.3. The number of nitrogens with one attached hydrogen (secondary N) is 1. The molecule has 0 saturated heterocycles. The van der Waals surface area contributed by atoms with Crippen LogP contribution in [-0.4, -0.2) is 64.6 Å². The molecule has 1 saturated carbocycles. The van der Waals surface area contributed by atoms with Crippen LogP contribution in [0.25, 0.3) is 0 Å². The number of anilines is 1. The van der Waals surface area contributed by atoms with E-state index in [1.807, 2.05) is 6.92 Å². The molecule has 1 unspecified atom stereocenters. The van der Waals surface area contributed by atoms with Crippen LogP contribution in [0.15, 0.2) is 65.6 Å². The Balaban J connectivity index is 1.75. The fourth-order valence-corrected chi connectivity index (χ4v) is 7.46. The van der Waals surface area contributed by atoms with Gasteiger partial charge in [0.15, 0.2) is 11.5 Å². The van der Waals surface area contributed by atoms with E-state index in [0.29, 0.717) is 33.7 Å². The second-order valence-corrected chi connectivity index (χ2v) is 13.9. The Morgan fingerprint density at radius 1 is 0.936 bits per heavy atom. The van der Waals surface area contributed by atoms with Gasteiger partial charge in [-0.05, 0) is 75.2 Å². The monoisotopic (exact) mass is 705 g/mol. The molecular formula is C34H41Cl2N3O7S. The molecule has 2 amide bonds. The van der Waals surface area contributed by atoms with Crippen molar-refractivity contribution < 1.29 is 32.2 Å². The quantitative estimate of drug-likeness (QED) is 0.204. The number of amides is 2.